The summed E-state index contributed by atoms with van der Waals surface area (Å²) in [6, 6.07) is 12.6. The number of nitrogens with one attached hydrogen (secondary N) is 1. The second kappa shape index (κ2) is 11.6. The zero-order valence-electron chi connectivity index (χ0n) is 19.7. The number of sulfonamides is 1. The fraction of sp³-hybridized carbons (Fsp3) is 0.417. The summed E-state index contributed by atoms with van der Waals surface area (Å²) in [5, 5.41) is 3.28. The van der Waals surface area contributed by atoms with Gasteiger partial charge in [-0.25, -0.2) is 8.42 Å². The molecule has 7 nitrogen and oxygen atoms in total. The highest BCUT2D eigenvalue weighted by atomic mass is 35.5. The van der Waals surface area contributed by atoms with Gasteiger partial charge in [-0.3, -0.25) is 9.59 Å². The summed E-state index contributed by atoms with van der Waals surface area (Å²) in [7, 11) is -2.56. The standard InChI is InChI=1S/C24H32ClN3O4S/c1-6-22(24(30)26-17(2)3)28(15-19-10-8-7-9-18(19)4)23(29)16-27(5)33(31,32)21-13-11-20(25)12-14-21/h7-14,17,22H,6,15-16H2,1-5H3,(H,26,30)/t22-/m1/s1. The van der Waals surface area contributed by atoms with Crippen molar-refractivity contribution in [2.75, 3.05) is 13.6 Å². The number of rotatable bonds is 10. The Labute approximate surface area is 201 Å². The van der Waals surface area contributed by atoms with Crippen LogP contribution in [0.4, 0.5) is 0 Å². The molecule has 0 saturated heterocycles. The Balaban J connectivity index is 2.34. The molecule has 0 radical (unpaired) electrons. The molecule has 0 unspecified atom stereocenters. The van der Waals surface area contributed by atoms with Crippen LogP contribution in [-0.4, -0.2) is 55.1 Å². The first-order valence-corrected chi connectivity index (χ1v) is 12.6. The smallest absolute Gasteiger partial charge is 0.243 e. The summed E-state index contributed by atoms with van der Waals surface area (Å²) >= 11 is 5.87. The first-order valence-electron chi connectivity index (χ1n) is 10.8. The molecule has 0 heterocycles. The lowest BCUT2D eigenvalue weighted by molar-refractivity contribution is -0.141. The number of hydrogen-bond donors (Lipinski definition) is 1. The van der Waals surface area contributed by atoms with Gasteiger partial charge < -0.3 is 10.2 Å². The molecule has 0 aliphatic carbocycles. The maximum Gasteiger partial charge on any atom is 0.243 e. The van der Waals surface area contributed by atoms with Gasteiger partial charge in [-0.2, -0.15) is 4.31 Å². The minimum atomic E-state index is -3.91. The zero-order chi connectivity index (χ0) is 24.8. The van der Waals surface area contributed by atoms with Gasteiger partial charge in [0, 0.05) is 24.7 Å². The Kier molecular flexibility index (Phi) is 9.46. The molecule has 2 aromatic carbocycles. The lowest BCUT2D eigenvalue weighted by atomic mass is 10.1. The SMILES string of the molecule is CC[C@H](C(=O)NC(C)C)N(Cc1ccccc1C)C(=O)CN(C)S(=O)(=O)c1ccc(Cl)cc1. The Bertz CT molecular complexity index is 1070. The Hall–Kier alpha value is -2.42. The van der Waals surface area contributed by atoms with E-state index in [1.165, 1.54) is 36.2 Å². The van der Waals surface area contributed by atoms with Gasteiger partial charge in [-0.05, 0) is 62.6 Å². The first kappa shape index (κ1) is 26.8. The minimum Gasteiger partial charge on any atom is -0.352 e. The number of likely N-dealkylation sites (N-methyl/N-ethyl adjacent to an activating group) is 1. The summed E-state index contributed by atoms with van der Waals surface area (Å²) in [4.78, 5) is 27.8. The van der Waals surface area contributed by atoms with Crippen LogP contribution in [0, 0.1) is 6.92 Å². The van der Waals surface area contributed by atoms with Gasteiger partial charge in [0.2, 0.25) is 21.8 Å². The van der Waals surface area contributed by atoms with E-state index in [1.54, 1.807) is 0 Å². The molecule has 9 heteroatoms. The highest BCUT2D eigenvalue weighted by Crippen LogP contribution is 2.20. The van der Waals surface area contributed by atoms with Crippen molar-refractivity contribution in [3.63, 3.8) is 0 Å². The Morgan fingerprint density at radius 3 is 2.21 bits per heavy atom. The van der Waals surface area contributed by atoms with Crippen molar-refractivity contribution in [2.45, 2.75) is 57.6 Å². The van der Waals surface area contributed by atoms with Crippen LogP contribution in [0.2, 0.25) is 5.02 Å². The third-order valence-electron chi connectivity index (χ3n) is 5.30. The number of carbonyl (C=O) groups is 2. The second-order valence-corrected chi connectivity index (χ2v) is 10.7. The average molecular weight is 494 g/mol. The molecule has 0 bridgehead atoms. The van der Waals surface area contributed by atoms with Crippen LogP contribution in [-0.2, 0) is 26.2 Å². The van der Waals surface area contributed by atoms with E-state index in [1.807, 2.05) is 52.0 Å². The monoisotopic (exact) mass is 493 g/mol. The predicted octanol–water partition coefficient (Wildman–Crippen LogP) is 3.60. The molecule has 33 heavy (non-hydrogen) atoms. The molecular formula is C24H32ClN3O4S. The van der Waals surface area contributed by atoms with E-state index in [2.05, 4.69) is 5.32 Å². The van der Waals surface area contributed by atoms with E-state index < -0.39 is 28.5 Å². The molecule has 2 rings (SSSR count). The maximum atomic E-state index is 13.4. The molecule has 0 aromatic heterocycles. The van der Waals surface area contributed by atoms with Gasteiger partial charge in [0.15, 0.2) is 0 Å². The Morgan fingerprint density at radius 2 is 1.67 bits per heavy atom. The summed E-state index contributed by atoms with van der Waals surface area (Å²) in [5.41, 5.74) is 1.88. The van der Waals surface area contributed by atoms with E-state index in [0.29, 0.717) is 11.4 Å². The summed E-state index contributed by atoms with van der Waals surface area (Å²) in [5.74, 6) is -0.721. The molecule has 180 valence electrons. The normalized spacial score (nSPS) is 12.6. The van der Waals surface area contributed by atoms with Crippen LogP contribution in [0.15, 0.2) is 53.4 Å². The van der Waals surface area contributed by atoms with Crippen LogP contribution in [0.3, 0.4) is 0 Å². The van der Waals surface area contributed by atoms with E-state index >= 15 is 0 Å². The van der Waals surface area contributed by atoms with Crippen molar-refractivity contribution >= 4 is 33.4 Å². The minimum absolute atomic E-state index is 0.0391. The molecule has 0 fully saturated rings. The van der Waals surface area contributed by atoms with Crippen molar-refractivity contribution in [1.82, 2.24) is 14.5 Å². The van der Waals surface area contributed by atoms with Crippen molar-refractivity contribution in [1.29, 1.82) is 0 Å². The van der Waals surface area contributed by atoms with E-state index in [4.69, 9.17) is 11.6 Å². The van der Waals surface area contributed by atoms with E-state index in [0.717, 1.165) is 15.4 Å². The number of halogens is 1. The largest absolute Gasteiger partial charge is 0.352 e. The van der Waals surface area contributed by atoms with Crippen molar-refractivity contribution < 1.29 is 18.0 Å². The third kappa shape index (κ3) is 7.03. The van der Waals surface area contributed by atoms with Gasteiger partial charge >= 0.3 is 0 Å². The highest BCUT2D eigenvalue weighted by molar-refractivity contribution is 7.89. The third-order valence-corrected chi connectivity index (χ3v) is 7.37. The fourth-order valence-electron chi connectivity index (χ4n) is 3.42. The molecule has 0 aliphatic rings. The molecule has 1 atom stereocenters. The second-order valence-electron chi connectivity index (χ2n) is 8.25. The van der Waals surface area contributed by atoms with Gasteiger partial charge in [-0.15, -0.1) is 0 Å². The van der Waals surface area contributed by atoms with Crippen molar-refractivity contribution in [3.8, 4) is 0 Å². The molecule has 0 aliphatic heterocycles. The van der Waals surface area contributed by atoms with Crippen LogP contribution in [0.25, 0.3) is 0 Å². The fourth-order valence-corrected chi connectivity index (χ4v) is 4.67. The average Bonchev–Trinajstić information content (AvgIpc) is 2.74. The lowest BCUT2D eigenvalue weighted by Crippen LogP contribution is -2.52. The highest BCUT2D eigenvalue weighted by Gasteiger charge is 2.32. The topological polar surface area (TPSA) is 86.8 Å². The quantitative estimate of drug-likeness (QED) is 0.547. The number of nitrogens with zero attached hydrogens (tertiary/aromatic N) is 2. The number of carbonyl (C=O) groups excluding carboxylic acids is 2. The molecule has 0 saturated carbocycles. The Morgan fingerprint density at radius 1 is 1.06 bits per heavy atom. The molecule has 2 aromatic rings. The van der Waals surface area contributed by atoms with Gasteiger partial charge in [-0.1, -0.05) is 42.8 Å². The zero-order valence-corrected chi connectivity index (χ0v) is 21.3. The van der Waals surface area contributed by atoms with Crippen molar-refractivity contribution in [3.05, 3.63) is 64.7 Å². The van der Waals surface area contributed by atoms with Crippen LogP contribution >= 0.6 is 11.6 Å². The van der Waals surface area contributed by atoms with Crippen LogP contribution in [0.5, 0.6) is 0 Å². The van der Waals surface area contributed by atoms with E-state index in [-0.39, 0.29) is 23.4 Å². The van der Waals surface area contributed by atoms with Crippen molar-refractivity contribution in [2.24, 2.45) is 0 Å². The summed E-state index contributed by atoms with van der Waals surface area (Å²) in [6.07, 6.45) is 0.393. The predicted molar refractivity (Wildman–Crippen MR) is 130 cm³/mol. The molecule has 1 N–H and O–H groups in total. The van der Waals surface area contributed by atoms with Crippen LogP contribution < -0.4 is 5.32 Å². The molecular weight excluding hydrogens is 462 g/mol. The van der Waals surface area contributed by atoms with Gasteiger partial charge in [0.25, 0.3) is 0 Å². The number of amides is 2. The van der Waals surface area contributed by atoms with Gasteiger partial charge in [0.05, 0.1) is 11.4 Å². The number of aryl methyl sites for hydroxylation is 1. The lowest BCUT2D eigenvalue weighted by Gasteiger charge is -2.32. The van der Waals surface area contributed by atoms with Gasteiger partial charge in [0.1, 0.15) is 6.04 Å². The summed E-state index contributed by atoms with van der Waals surface area (Å²) in [6.45, 7) is 7.27. The number of hydrogen-bond acceptors (Lipinski definition) is 4. The molecule has 0 spiro atoms. The molecule has 2 amide bonds. The van der Waals surface area contributed by atoms with E-state index in [9.17, 15) is 18.0 Å². The van der Waals surface area contributed by atoms with Crippen LogP contribution in [0.1, 0.15) is 38.3 Å². The first-order chi connectivity index (χ1) is 15.5. The number of benzene rings is 2. The maximum absolute atomic E-state index is 13.4. The summed E-state index contributed by atoms with van der Waals surface area (Å²) < 4.78 is 26.9.